The number of nitrogens with one attached hydrogen (secondary N) is 1. The van der Waals surface area contributed by atoms with Crippen molar-refractivity contribution in [3.05, 3.63) is 48.6 Å². The molecule has 1 amide bonds. The lowest BCUT2D eigenvalue weighted by molar-refractivity contribution is -0.151. The van der Waals surface area contributed by atoms with Gasteiger partial charge in [-0.1, -0.05) is 256 Å². The number of ether oxygens (including phenoxy) is 1. The summed E-state index contributed by atoms with van der Waals surface area (Å²) < 4.78 is 5.93. The van der Waals surface area contributed by atoms with Crippen LogP contribution in [0.2, 0.25) is 0 Å². The first-order chi connectivity index (χ1) is 32.0. The number of carbonyl (C=O) groups is 2. The van der Waals surface area contributed by atoms with Crippen LogP contribution in [0.15, 0.2) is 48.6 Å². The third-order valence-corrected chi connectivity index (χ3v) is 12.9. The van der Waals surface area contributed by atoms with Crippen LogP contribution in [0.5, 0.6) is 0 Å². The van der Waals surface area contributed by atoms with Crippen molar-refractivity contribution in [2.24, 2.45) is 0 Å². The van der Waals surface area contributed by atoms with Crippen LogP contribution in [0.25, 0.3) is 0 Å². The molecule has 3 unspecified atom stereocenters. The van der Waals surface area contributed by atoms with E-state index in [1.54, 1.807) is 0 Å². The van der Waals surface area contributed by atoms with Crippen molar-refractivity contribution in [3.8, 4) is 0 Å². The van der Waals surface area contributed by atoms with Gasteiger partial charge in [-0.25, -0.2) is 0 Å². The first-order valence-electron chi connectivity index (χ1n) is 28.4. The van der Waals surface area contributed by atoms with Gasteiger partial charge in [0.1, 0.15) is 6.10 Å². The fourth-order valence-corrected chi connectivity index (χ4v) is 8.59. The maximum Gasteiger partial charge on any atom is 0.306 e. The molecule has 0 aromatic carbocycles. The predicted molar refractivity (Wildman–Crippen MR) is 282 cm³/mol. The summed E-state index contributed by atoms with van der Waals surface area (Å²) in [4.78, 5) is 26.2. The molecular weight excluding hydrogens is 803 g/mol. The van der Waals surface area contributed by atoms with Gasteiger partial charge >= 0.3 is 5.97 Å². The Balaban J connectivity index is 4.47. The van der Waals surface area contributed by atoms with E-state index in [0.717, 1.165) is 83.5 Å². The average molecular weight is 913 g/mol. The highest BCUT2D eigenvalue weighted by Gasteiger charge is 2.24. The number of rotatable bonds is 51. The smallest absolute Gasteiger partial charge is 0.306 e. The van der Waals surface area contributed by atoms with E-state index in [-0.39, 0.29) is 24.9 Å². The van der Waals surface area contributed by atoms with Crippen LogP contribution >= 0.6 is 0 Å². The molecule has 0 saturated heterocycles. The van der Waals surface area contributed by atoms with E-state index in [4.69, 9.17) is 4.74 Å². The lowest BCUT2D eigenvalue weighted by Crippen LogP contribution is -2.46. The highest BCUT2D eigenvalue weighted by molar-refractivity contribution is 5.77. The number of aliphatic hydroxyl groups excluding tert-OH is 2. The summed E-state index contributed by atoms with van der Waals surface area (Å²) in [6, 6.07) is -0.707. The Morgan fingerprint density at radius 1 is 0.446 bits per heavy atom. The second kappa shape index (κ2) is 52.8. The number of hydrogen-bond donors (Lipinski definition) is 3. The van der Waals surface area contributed by atoms with E-state index in [9.17, 15) is 19.8 Å². The van der Waals surface area contributed by atoms with Gasteiger partial charge in [0, 0.05) is 6.42 Å². The largest absolute Gasteiger partial charge is 0.462 e. The van der Waals surface area contributed by atoms with Crippen molar-refractivity contribution in [2.45, 2.75) is 309 Å². The van der Waals surface area contributed by atoms with Crippen LogP contribution in [0.4, 0.5) is 0 Å². The van der Waals surface area contributed by atoms with Gasteiger partial charge in [-0.2, -0.15) is 0 Å². The molecule has 65 heavy (non-hydrogen) atoms. The number of aliphatic hydroxyl groups is 2. The molecule has 0 heterocycles. The predicted octanol–water partition coefficient (Wildman–Crippen LogP) is 17.4. The summed E-state index contributed by atoms with van der Waals surface area (Å²) in [6.45, 7) is 6.47. The van der Waals surface area contributed by atoms with Gasteiger partial charge in [-0.15, -0.1) is 0 Å². The number of amides is 1. The van der Waals surface area contributed by atoms with Crippen molar-refractivity contribution in [2.75, 3.05) is 6.61 Å². The number of carbonyl (C=O) groups excluding carboxylic acids is 2. The van der Waals surface area contributed by atoms with Crippen molar-refractivity contribution in [3.63, 3.8) is 0 Å². The molecule has 0 aromatic heterocycles. The highest BCUT2D eigenvalue weighted by atomic mass is 16.5. The van der Waals surface area contributed by atoms with Gasteiger partial charge in [-0.3, -0.25) is 9.59 Å². The lowest BCUT2D eigenvalue weighted by atomic mass is 10.0. The Hall–Kier alpha value is -2.18. The monoisotopic (exact) mass is 912 g/mol. The minimum absolute atomic E-state index is 0.0670. The zero-order valence-electron chi connectivity index (χ0n) is 43.4. The van der Waals surface area contributed by atoms with Gasteiger partial charge in [0.25, 0.3) is 0 Å². The normalized spacial score (nSPS) is 13.5. The summed E-state index contributed by atoms with van der Waals surface area (Å²) >= 11 is 0. The molecule has 6 heteroatoms. The summed E-state index contributed by atoms with van der Waals surface area (Å²) in [5.41, 5.74) is 0. The minimum Gasteiger partial charge on any atom is -0.462 e. The Kier molecular flexibility index (Phi) is 51.0. The number of allylic oxidation sites excluding steroid dienone is 8. The Bertz CT molecular complexity index is 1110. The van der Waals surface area contributed by atoms with Crippen LogP contribution in [0, 0.1) is 0 Å². The van der Waals surface area contributed by atoms with Crippen molar-refractivity contribution in [1.29, 1.82) is 0 Å². The SMILES string of the molecule is CCCCC/C=C\C/C=C\C/C=C\C/C=C\CCCCCC(=O)OC(CCCCCCCCCCCC)CC(=O)NC(CO)C(O)CCCCCCCCCCCCCCCCCCC. The van der Waals surface area contributed by atoms with Crippen molar-refractivity contribution in [1.82, 2.24) is 5.32 Å². The standard InChI is InChI=1S/C59H109NO5/c1-4-7-10-13-16-19-22-24-26-28-29-31-33-35-37-40-43-46-49-52-59(64)65-55(50-47-44-41-38-21-18-15-12-9-6-3)53-58(63)60-56(54-61)57(62)51-48-45-42-39-36-34-32-30-27-25-23-20-17-14-11-8-5-2/h16,19,24,26,29,31,35,37,55-57,61-62H,4-15,17-18,20-23,25,27-28,30,32-34,36,38-54H2,1-3H3,(H,60,63)/b19-16-,26-24-,31-29-,37-35-. The molecule has 6 nitrogen and oxygen atoms in total. The fraction of sp³-hybridized carbons (Fsp3) is 0.831. The lowest BCUT2D eigenvalue weighted by Gasteiger charge is -2.24. The third kappa shape index (κ3) is 48.1. The quantitative estimate of drug-likeness (QED) is 0.0321. The molecule has 0 radical (unpaired) electrons. The summed E-state index contributed by atoms with van der Waals surface area (Å²) in [5.74, 6) is -0.500. The molecule has 0 aliphatic heterocycles. The third-order valence-electron chi connectivity index (χ3n) is 12.9. The maximum atomic E-state index is 13.2. The number of hydrogen-bond acceptors (Lipinski definition) is 5. The Morgan fingerprint density at radius 3 is 1.20 bits per heavy atom. The summed E-state index contributed by atoms with van der Waals surface area (Å²) in [6.07, 6.45) is 64.6. The second-order valence-corrected chi connectivity index (χ2v) is 19.3. The van der Waals surface area contributed by atoms with E-state index in [2.05, 4.69) is 74.7 Å². The number of esters is 1. The first-order valence-corrected chi connectivity index (χ1v) is 28.4. The van der Waals surface area contributed by atoms with E-state index in [1.165, 1.54) is 161 Å². The molecule has 380 valence electrons. The molecule has 0 rings (SSSR count). The number of unbranched alkanes of at least 4 members (excludes halogenated alkanes) is 31. The van der Waals surface area contributed by atoms with Crippen LogP contribution in [-0.2, 0) is 14.3 Å². The molecule has 0 aliphatic carbocycles. The molecular formula is C59H109NO5. The molecule has 3 atom stereocenters. The first kappa shape index (κ1) is 62.8. The Morgan fingerprint density at radius 2 is 0.785 bits per heavy atom. The van der Waals surface area contributed by atoms with Crippen LogP contribution < -0.4 is 5.32 Å². The molecule has 0 bridgehead atoms. The highest BCUT2D eigenvalue weighted by Crippen LogP contribution is 2.18. The van der Waals surface area contributed by atoms with E-state index in [1.807, 2.05) is 0 Å². The van der Waals surface area contributed by atoms with Crippen LogP contribution in [0.1, 0.15) is 290 Å². The van der Waals surface area contributed by atoms with E-state index >= 15 is 0 Å². The second-order valence-electron chi connectivity index (χ2n) is 19.3. The van der Waals surface area contributed by atoms with E-state index in [0.29, 0.717) is 19.3 Å². The minimum atomic E-state index is -0.792. The molecule has 0 spiro atoms. The van der Waals surface area contributed by atoms with Gasteiger partial charge in [0.2, 0.25) is 5.91 Å². The molecule has 0 saturated carbocycles. The van der Waals surface area contributed by atoms with Crippen LogP contribution in [-0.4, -0.2) is 46.9 Å². The zero-order valence-corrected chi connectivity index (χ0v) is 43.4. The molecule has 3 N–H and O–H groups in total. The molecule has 0 fully saturated rings. The summed E-state index contributed by atoms with van der Waals surface area (Å²) in [7, 11) is 0. The topological polar surface area (TPSA) is 95.9 Å². The fourth-order valence-electron chi connectivity index (χ4n) is 8.59. The Labute approximate surface area is 404 Å². The zero-order chi connectivity index (χ0) is 47.4. The summed E-state index contributed by atoms with van der Waals surface area (Å²) in [5, 5.41) is 23.8. The van der Waals surface area contributed by atoms with E-state index < -0.39 is 18.2 Å². The average Bonchev–Trinajstić information content (AvgIpc) is 3.30. The maximum absolute atomic E-state index is 13.2. The van der Waals surface area contributed by atoms with Crippen molar-refractivity contribution < 1.29 is 24.5 Å². The van der Waals surface area contributed by atoms with Gasteiger partial charge in [0.05, 0.1) is 25.2 Å². The van der Waals surface area contributed by atoms with Crippen LogP contribution in [0.3, 0.4) is 0 Å². The molecule has 0 aliphatic rings. The van der Waals surface area contributed by atoms with Gasteiger partial charge < -0.3 is 20.3 Å². The van der Waals surface area contributed by atoms with Gasteiger partial charge in [-0.05, 0) is 70.6 Å². The van der Waals surface area contributed by atoms with Gasteiger partial charge in [0.15, 0.2) is 0 Å². The van der Waals surface area contributed by atoms with Crippen molar-refractivity contribution >= 4 is 11.9 Å². The molecule has 0 aromatic rings.